The van der Waals surface area contributed by atoms with Crippen LogP contribution in [0.25, 0.3) is 0 Å². The molecule has 0 radical (unpaired) electrons. The first-order valence-corrected chi connectivity index (χ1v) is 7.92. The van der Waals surface area contributed by atoms with Crippen LogP contribution >= 0.6 is 0 Å². The number of anilines is 1. The molecule has 0 aliphatic heterocycles. The van der Waals surface area contributed by atoms with Crippen molar-refractivity contribution >= 4 is 11.6 Å². The minimum absolute atomic E-state index is 0.206. The molecule has 0 aromatic heterocycles. The van der Waals surface area contributed by atoms with Gasteiger partial charge in [-0.15, -0.1) is 0 Å². The van der Waals surface area contributed by atoms with E-state index in [9.17, 15) is 0 Å². The van der Waals surface area contributed by atoms with Gasteiger partial charge in [0.15, 0.2) is 17.5 Å². The fraction of sp³-hybridized carbons (Fsp3) is 0.588. The summed E-state index contributed by atoms with van der Waals surface area (Å²) in [7, 11) is 3.20. The molecule has 6 nitrogen and oxygen atoms in total. The van der Waals surface area contributed by atoms with Gasteiger partial charge < -0.3 is 25.3 Å². The average molecular weight is 323 g/mol. The van der Waals surface area contributed by atoms with Crippen molar-refractivity contribution < 1.29 is 14.2 Å². The number of nitrogens with one attached hydrogen (secondary N) is 1. The zero-order valence-corrected chi connectivity index (χ0v) is 14.8. The lowest BCUT2D eigenvalue weighted by molar-refractivity contribution is 0.0266. The van der Waals surface area contributed by atoms with Crippen LogP contribution in [0.4, 0.5) is 5.69 Å². The molecule has 0 spiro atoms. The fourth-order valence-corrected chi connectivity index (χ4v) is 2.24. The lowest BCUT2D eigenvalue weighted by Crippen LogP contribution is -2.25. The van der Waals surface area contributed by atoms with Gasteiger partial charge in [-0.1, -0.05) is 13.8 Å². The van der Waals surface area contributed by atoms with Crippen LogP contribution in [-0.4, -0.2) is 39.4 Å². The Morgan fingerprint density at radius 2 is 1.91 bits per heavy atom. The largest absolute Gasteiger partial charge is 0.493 e. The summed E-state index contributed by atoms with van der Waals surface area (Å²) in [4.78, 5) is 4.35. The predicted molar refractivity (Wildman–Crippen MR) is 94.5 cm³/mol. The van der Waals surface area contributed by atoms with E-state index < -0.39 is 0 Å². The van der Waals surface area contributed by atoms with E-state index in [4.69, 9.17) is 19.9 Å². The van der Waals surface area contributed by atoms with Crippen molar-refractivity contribution in [2.24, 2.45) is 16.6 Å². The first kappa shape index (κ1) is 19.1. The number of hydrogen-bond acceptors (Lipinski definition) is 4. The van der Waals surface area contributed by atoms with Crippen LogP contribution in [-0.2, 0) is 4.74 Å². The molecule has 23 heavy (non-hydrogen) atoms. The molecule has 1 unspecified atom stereocenters. The molecule has 0 amide bonds. The summed E-state index contributed by atoms with van der Waals surface area (Å²) in [6, 6.07) is 5.50. The molecule has 1 aromatic carbocycles. The highest BCUT2D eigenvalue weighted by Gasteiger charge is 2.12. The molecule has 1 rings (SSSR count). The maximum atomic E-state index is 5.93. The van der Waals surface area contributed by atoms with Gasteiger partial charge in [-0.25, -0.2) is 0 Å². The summed E-state index contributed by atoms with van der Waals surface area (Å²) >= 11 is 0. The summed E-state index contributed by atoms with van der Waals surface area (Å²) in [6.07, 6.45) is 1.05. The van der Waals surface area contributed by atoms with Gasteiger partial charge in [0.05, 0.1) is 20.3 Å². The molecule has 1 aromatic rings. The summed E-state index contributed by atoms with van der Waals surface area (Å²) in [5, 5.41) is 3.05. The second-order valence-corrected chi connectivity index (χ2v) is 5.49. The van der Waals surface area contributed by atoms with Gasteiger partial charge in [0.1, 0.15) is 0 Å². The van der Waals surface area contributed by atoms with Crippen LogP contribution in [0, 0.1) is 5.92 Å². The maximum Gasteiger partial charge on any atom is 0.193 e. The molecule has 0 aliphatic carbocycles. The minimum atomic E-state index is 0.206. The van der Waals surface area contributed by atoms with Crippen LogP contribution in [0.2, 0.25) is 0 Å². The maximum absolute atomic E-state index is 5.93. The van der Waals surface area contributed by atoms with E-state index in [0.717, 1.165) is 12.1 Å². The van der Waals surface area contributed by atoms with E-state index in [1.165, 1.54) is 0 Å². The van der Waals surface area contributed by atoms with Gasteiger partial charge in [-0.05, 0) is 31.4 Å². The second-order valence-electron chi connectivity index (χ2n) is 5.49. The van der Waals surface area contributed by atoms with Crippen LogP contribution in [0.5, 0.6) is 11.5 Å². The molecule has 6 heteroatoms. The van der Waals surface area contributed by atoms with E-state index in [-0.39, 0.29) is 6.10 Å². The Labute approximate surface area is 139 Å². The monoisotopic (exact) mass is 323 g/mol. The molecule has 1 atom stereocenters. The Balaban J connectivity index is 2.59. The van der Waals surface area contributed by atoms with Crippen molar-refractivity contribution in [2.75, 3.05) is 32.7 Å². The summed E-state index contributed by atoms with van der Waals surface area (Å²) in [5.74, 6) is 2.15. The van der Waals surface area contributed by atoms with Crippen molar-refractivity contribution in [1.82, 2.24) is 0 Å². The topological polar surface area (TPSA) is 78.1 Å². The molecule has 0 saturated carbocycles. The van der Waals surface area contributed by atoms with Crippen molar-refractivity contribution in [3.63, 3.8) is 0 Å². The Morgan fingerprint density at radius 1 is 1.22 bits per heavy atom. The second kappa shape index (κ2) is 9.94. The highest BCUT2D eigenvalue weighted by atomic mass is 16.5. The minimum Gasteiger partial charge on any atom is -0.493 e. The van der Waals surface area contributed by atoms with Gasteiger partial charge in [-0.3, -0.25) is 4.99 Å². The quantitative estimate of drug-likeness (QED) is 0.540. The average Bonchev–Trinajstić information content (AvgIpc) is 2.53. The number of benzene rings is 1. The molecule has 130 valence electrons. The molecule has 0 saturated heterocycles. The summed E-state index contributed by atoms with van der Waals surface area (Å²) in [6.45, 7) is 7.64. The molecule has 3 N–H and O–H groups in total. The summed E-state index contributed by atoms with van der Waals surface area (Å²) in [5.41, 5.74) is 6.73. The fourth-order valence-electron chi connectivity index (χ4n) is 2.24. The number of nitrogens with zero attached hydrogens (tertiary/aromatic N) is 1. The Kier molecular flexibility index (Phi) is 8.26. The summed E-state index contributed by atoms with van der Waals surface area (Å²) < 4.78 is 16.2. The standard InChI is InChI=1S/C17H29N3O3/c1-6-23-14(12(2)3)9-10-19-17(18)20-13-7-8-15(21-4)16(11-13)22-5/h7-8,11-12,14H,6,9-10H2,1-5H3,(H3,18,19,20). The number of aliphatic imine (C=N–C) groups is 1. The van der Waals surface area contributed by atoms with E-state index in [0.29, 0.717) is 36.5 Å². The van der Waals surface area contributed by atoms with Crippen LogP contribution in [0.1, 0.15) is 27.2 Å². The van der Waals surface area contributed by atoms with Gasteiger partial charge in [0, 0.05) is 24.9 Å². The first-order valence-electron chi connectivity index (χ1n) is 7.92. The lowest BCUT2D eigenvalue weighted by atomic mass is 10.0. The van der Waals surface area contributed by atoms with Crippen molar-refractivity contribution in [1.29, 1.82) is 0 Å². The third-order valence-corrected chi connectivity index (χ3v) is 3.48. The highest BCUT2D eigenvalue weighted by molar-refractivity contribution is 5.92. The number of guanidine groups is 1. The molecule has 0 bridgehead atoms. The van der Waals surface area contributed by atoms with Gasteiger partial charge >= 0.3 is 0 Å². The third-order valence-electron chi connectivity index (χ3n) is 3.48. The Hall–Kier alpha value is -1.95. The third kappa shape index (κ3) is 6.36. The van der Waals surface area contributed by atoms with Crippen molar-refractivity contribution in [3.8, 4) is 11.5 Å². The van der Waals surface area contributed by atoms with Crippen LogP contribution < -0.4 is 20.5 Å². The molecule has 0 aliphatic rings. The number of nitrogens with two attached hydrogens (primary N) is 1. The zero-order valence-electron chi connectivity index (χ0n) is 14.8. The SMILES string of the molecule is CCOC(CCN=C(N)Nc1ccc(OC)c(OC)c1)C(C)C. The van der Waals surface area contributed by atoms with Gasteiger partial charge in [0.2, 0.25) is 0 Å². The zero-order chi connectivity index (χ0) is 17.2. The smallest absolute Gasteiger partial charge is 0.193 e. The number of hydrogen-bond donors (Lipinski definition) is 2. The van der Waals surface area contributed by atoms with E-state index in [2.05, 4.69) is 24.2 Å². The molecule has 0 fully saturated rings. The molecule has 0 heterocycles. The van der Waals surface area contributed by atoms with E-state index >= 15 is 0 Å². The lowest BCUT2D eigenvalue weighted by Gasteiger charge is -2.19. The number of methoxy groups -OCH3 is 2. The van der Waals surface area contributed by atoms with Crippen LogP contribution in [0.15, 0.2) is 23.2 Å². The van der Waals surface area contributed by atoms with E-state index in [1.807, 2.05) is 25.1 Å². The Morgan fingerprint density at radius 3 is 2.48 bits per heavy atom. The normalized spacial score (nSPS) is 13.0. The van der Waals surface area contributed by atoms with E-state index in [1.54, 1.807) is 14.2 Å². The predicted octanol–water partition coefficient (Wildman–Crippen LogP) is 2.88. The van der Waals surface area contributed by atoms with Crippen LogP contribution in [0.3, 0.4) is 0 Å². The number of ether oxygens (including phenoxy) is 3. The first-order chi connectivity index (χ1) is 11.0. The van der Waals surface area contributed by atoms with Gasteiger partial charge in [0.25, 0.3) is 0 Å². The number of rotatable bonds is 9. The van der Waals surface area contributed by atoms with Crippen molar-refractivity contribution in [2.45, 2.75) is 33.3 Å². The molecular formula is C17H29N3O3. The van der Waals surface area contributed by atoms with Gasteiger partial charge in [-0.2, -0.15) is 0 Å². The Bertz CT molecular complexity index is 504. The highest BCUT2D eigenvalue weighted by Crippen LogP contribution is 2.29. The van der Waals surface area contributed by atoms with Crippen molar-refractivity contribution in [3.05, 3.63) is 18.2 Å². The molecular weight excluding hydrogens is 294 g/mol.